The normalized spacial score (nSPS) is 31.5. The average Bonchev–Trinajstić information content (AvgIpc) is 2.27. The summed E-state index contributed by atoms with van der Waals surface area (Å²) in [5, 5.41) is 3.40. The van der Waals surface area contributed by atoms with Gasteiger partial charge in [-0.15, -0.1) is 0 Å². The molecular weight excluding hydrogens is 148 g/mol. The zero-order valence-electron chi connectivity index (χ0n) is 8.18. The molecular formula is C10H22N2. The van der Waals surface area contributed by atoms with Gasteiger partial charge in [0.15, 0.2) is 0 Å². The summed E-state index contributed by atoms with van der Waals surface area (Å²) in [6.45, 7) is 4.35. The van der Waals surface area contributed by atoms with Gasteiger partial charge < -0.3 is 11.1 Å². The molecule has 2 heteroatoms. The minimum absolute atomic E-state index is 0.451. The number of hydrogen-bond donors (Lipinski definition) is 2. The van der Waals surface area contributed by atoms with Crippen molar-refractivity contribution in [2.75, 3.05) is 13.1 Å². The van der Waals surface area contributed by atoms with Crippen LogP contribution in [-0.2, 0) is 0 Å². The Balaban J connectivity index is 2.26. The molecule has 0 aromatic carbocycles. The molecule has 0 aromatic heterocycles. The SMILES string of the molecule is CCNCC1CCCCCC1N. The van der Waals surface area contributed by atoms with E-state index in [1.54, 1.807) is 0 Å². The second-order valence-corrected chi connectivity index (χ2v) is 3.87. The van der Waals surface area contributed by atoms with E-state index in [0.717, 1.165) is 19.0 Å². The van der Waals surface area contributed by atoms with Crippen LogP contribution in [0.15, 0.2) is 0 Å². The molecule has 2 atom stereocenters. The van der Waals surface area contributed by atoms with Gasteiger partial charge >= 0.3 is 0 Å². The predicted octanol–water partition coefficient (Wildman–Crippen LogP) is 1.50. The Morgan fingerprint density at radius 1 is 1.25 bits per heavy atom. The Hall–Kier alpha value is -0.0800. The van der Waals surface area contributed by atoms with Crippen molar-refractivity contribution >= 4 is 0 Å². The summed E-state index contributed by atoms with van der Waals surface area (Å²) in [5.41, 5.74) is 6.08. The van der Waals surface area contributed by atoms with E-state index in [2.05, 4.69) is 12.2 Å². The molecule has 2 unspecified atom stereocenters. The first-order valence-corrected chi connectivity index (χ1v) is 5.31. The zero-order chi connectivity index (χ0) is 8.81. The van der Waals surface area contributed by atoms with Crippen LogP contribution in [-0.4, -0.2) is 19.1 Å². The van der Waals surface area contributed by atoms with Crippen LogP contribution < -0.4 is 11.1 Å². The lowest BCUT2D eigenvalue weighted by Gasteiger charge is -2.21. The minimum Gasteiger partial charge on any atom is -0.327 e. The number of hydrogen-bond acceptors (Lipinski definition) is 2. The van der Waals surface area contributed by atoms with Gasteiger partial charge in [-0.2, -0.15) is 0 Å². The van der Waals surface area contributed by atoms with Crippen LogP contribution in [0, 0.1) is 5.92 Å². The van der Waals surface area contributed by atoms with Crippen LogP contribution in [0.4, 0.5) is 0 Å². The fourth-order valence-electron chi connectivity index (χ4n) is 2.00. The zero-order valence-corrected chi connectivity index (χ0v) is 8.18. The molecule has 0 bridgehead atoms. The summed E-state index contributed by atoms with van der Waals surface area (Å²) < 4.78 is 0. The van der Waals surface area contributed by atoms with Gasteiger partial charge in [-0.25, -0.2) is 0 Å². The van der Waals surface area contributed by atoms with Gasteiger partial charge in [0.2, 0.25) is 0 Å². The summed E-state index contributed by atoms with van der Waals surface area (Å²) in [6, 6.07) is 0.451. The van der Waals surface area contributed by atoms with E-state index < -0.39 is 0 Å². The van der Waals surface area contributed by atoms with E-state index in [-0.39, 0.29) is 0 Å². The second-order valence-electron chi connectivity index (χ2n) is 3.87. The lowest BCUT2D eigenvalue weighted by Crippen LogP contribution is -2.36. The summed E-state index contributed by atoms with van der Waals surface area (Å²) in [4.78, 5) is 0. The largest absolute Gasteiger partial charge is 0.327 e. The Bertz CT molecular complexity index is 114. The third-order valence-electron chi connectivity index (χ3n) is 2.87. The monoisotopic (exact) mass is 170 g/mol. The van der Waals surface area contributed by atoms with E-state index in [9.17, 15) is 0 Å². The molecule has 72 valence electrons. The summed E-state index contributed by atoms with van der Waals surface area (Å²) in [5.74, 6) is 0.729. The second kappa shape index (κ2) is 5.55. The highest BCUT2D eigenvalue weighted by molar-refractivity contribution is 4.77. The first-order chi connectivity index (χ1) is 5.84. The average molecular weight is 170 g/mol. The van der Waals surface area contributed by atoms with E-state index in [1.807, 2.05) is 0 Å². The van der Waals surface area contributed by atoms with E-state index in [0.29, 0.717) is 6.04 Å². The number of nitrogens with one attached hydrogen (secondary N) is 1. The van der Waals surface area contributed by atoms with Crippen LogP contribution >= 0.6 is 0 Å². The van der Waals surface area contributed by atoms with Gasteiger partial charge in [0, 0.05) is 6.04 Å². The Morgan fingerprint density at radius 2 is 2.00 bits per heavy atom. The standard InChI is InChI=1S/C10H22N2/c1-2-12-8-9-6-4-3-5-7-10(9)11/h9-10,12H,2-8,11H2,1H3. The molecule has 0 heterocycles. The van der Waals surface area contributed by atoms with Crippen LogP contribution in [0.2, 0.25) is 0 Å². The van der Waals surface area contributed by atoms with Crippen molar-refractivity contribution in [2.45, 2.75) is 45.1 Å². The minimum atomic E-state index is 0.451. The molecule has 0 amide bonds. The first-order valence-electron chi connectivity index (χ1n) is 5.31. The molecule has 0 aliphatic heterocycles. The molecule has 12 heavy (non-hydrogen) atoms. The van der Waals surface area contributed by atoms with Crippen molar-refractivity contribution in [3.8, 4) is 0 Å². The lowest BCUT2D eigenvalue weighted by molar-refractivity contribution is 0.378. The Kier molecular flexibility index (Phi) is 4.62. The highest BCUT2D eigenvalue weighted by Gasteiger charge is 2.19. The third kappa shape index (κ3) is 3.11. The van der Waals surface area contributed by atoms with Crippen molar-refractivity contribution in [2.24, 2.45) is 11.7 Å². The molecule has 0 spiro atoms. The highest BCUT2D eigenvalue weighted by atomic mass is 14.9. The van der Waals surface area contributed by atoms with Crippen LogP contribution in [0.25, 0.3) is 0 Å². The molecule has 0 aromatic rings. The number of nitrogens with two attached hydrogens (primary N) is 1. The quantitative estimate of drug-likeness (QED) is 0.630. The third-order valence-corrected chi connectivity index (χ3v) is 2.87. The summed E-state index contributed by atoms with van der Waals surface area (Å²) in [6.07, 6.45) is 6.66. The summed E-state index contributed by atoms with van der Waals surface area (Å²) >= 11 is 0. The maximum Gasteiger partial charge on any atom is 0.00792 e. The van der Waals surface area contributed by atoms with E-state index in [4.69, 9.17) is 5.73 Å². The van der Waals surface area contributed by atoms with Crippen molar-refractivity contribution in [3.63, 3.8) is 0 Å². The Morgan fingerprint density at radius 3 is 2.75 bits per heavy atom. The summed E-state index contributed by atoms with van der Waals surface area (Å²) in [7, 11) is 0. The van der Waals surface area contributed by atoms with Gasteiger partial charge in [-0.05, 0) is 31.8 Å². The van der Waals surface area contributed by atoms with Gasteiger partial charge in [0.25, 0.3) is 0 Å². The topological polar surface area (TPSA) is 38.0 Å². The molecule has 1 rings (SSSR count). The molecule has 1 aliphatic rings. The van der Waals surface area contributed by atoms with Crippen LogP contribution in [0.1, 0.15) is 39.0 Å². The van der Waals surface area contributed by atoms with Crippen LogP contribution in [0.3, 0.4) is 0 Å². The van der Waals surface area contributed by atoms with Gasteiger partial charge in [-0.3, -0.25) is 0 Å². The van der Waals surface area contributed by atoms with E-state index >= 15 is 0 Å². The molecule has 2 nitrogen and oxygen atoms in total. The molecule has 1 aliphatic carbocycles. The van der Waals surface area contributed by atoms with Crippen molar-refractivity contribution in [3.05, 3.63) is 0 Å². The van der Waals surface area contributed by atoms with Crippen molar-refractivity contribution in [1.82, 2.24) is 5.32 Å². The highest BCUT2D eigenvalue weighted by Crippen LogP contribution is 2.21. The Labute approximate surface area is 75.9 Å². The van der Waals surface area contributed by atoms with Gasteiger partial charge in [0.05, 0.1) is 0 Å². The number of rotatable bonds is 3. The molecule has 1 saturated carbocycles. The maximum atomic E-state index is 6.08. The fraction of sp³-hybridized carbons (Fsp3) is 1.00. The molecule has 0 radical (unpaired) electrons. The van der Waals surface area contributed by atoms with E-state index in [1.165, 1.54) is 32.1 Å². The van der Waals surface area contributed by atoms with Crippen molar-refractivity contribution in [1.29, 1.82) is 0 Å². The van der Waals surface area contributed by atoms with Gasteiger partial charge in [-0.1, -0.05) is 26.2 Å². The molecule has 1 fully saturated rings. The smallest absolute Gasteiger partial charge is 0.00792 e. The lowest BCUT2D eigenvalue weighted by atomic mass is 9.95. The fourth-order valence-corrected chi connectivity index (χ4v) is 2.00. The molecule has 3 N–H and O–H groups in total. The van der Waals surface area contributed by atoms with Gasteiger partial charge in [0.1, 0.15) is 0 Å². The maximum absolute atomic E-state index is 6.08. The molecule has 0 saturated heterocycles. The predicted molar refractivity (Wildman–Crippen MR) is 53.1 cm³/mol. The first kappa shape index (κ1) is 10.0. The van der Waals surface area contributed by atoms with Crippen molar-refractivity contribution < 1.29 is 0 Å². The van der Waals surface area contributed by atoms with Crippen LogP contribution in [0.5, 0.6) is 0 Å².